The molecule has 0 saturated heterocycles. The van der Waals surface area contributed by atoms with Crippen LogP contribution in [0.5, 0.6) is 0 Å². The third-order valence-electron chi connectivity index (χ3n) is 3.08. The summed E-state index contributed by atoms with van der Waals surface area (Å²) in [6, 6.07) is 5.71. The number of hydrogen-bond donors (Lipinski definition) is 2. The first-order valence-corrected chi connectivity index (χ1v) is 7.23. The maximum absolute atomic E-state index is 11.8. The van der Waals surface area contributed by atoms with Gasteiger partial charge in [0.25, 0.3) is 0 Å². The molecule has 1 aromatic carbocycles. The quantitative estimate of drug-likeness (QED) is 0.618. The number of carbonyl (C=O) groups excluding carboxylic acids is 1. The Kier molecular flexibility index (Phi) is 7.46. The molecule has 0 atom stereocenters. The number of amides is 1. The molecule has 0 spiro atoms. The van der Waals surface area contributed by atoms with Gasteiger partial charge in [-0.25, -0.2) is 0 Å². The van der Waals surface area contributed by atoms with E-state index in [1.54, 1.807) is 0 Å². The summed E-state index contributed by atoms with van der Waals surface area (Å²) in [5, 5.41) is 11.7. The number of benzene rings is 1. The maximum Gasteiger partial charge on any atom is 0.224 e. The zero-order valence-electron chi connectivity index (χ0n) is 12.3. The molecule has 0 aliphatic heterocycles. The molecule has 0 aromatic heterocycles. The van der Waals surface area contributed by atoms with E-state index in [-0.39, 0.29) is 12.5 Å². The Morgan fingerprint density at radius 2 is 2.10 bits per heavy atom. The van der Waals surface area contributed by atoms with Crippen molar-refractivity contribution in [3.05, 3.63) is 29.3 Å². The van der Waals surface area contributed by atoms with Crippen LogP contribution in [-0.2, 0) is 11.2 Å². The predicted molar refractivity (Wildman–Crippen MR) is 82.6 cm³/mol. The van der Waals surface area contributed by atoms with Gasteiger partial charge in [-0.05, 0) is 36.6 Å². The molecule has 0 radical (unpaired) electrons. The molecule has 0 aliphatic carbocycles. The zero-order chi connectivity index (χ0) is 14.8. The summed E-state index contributed by atoms with van der Waals surface area (Å²) in [6.07, 6.45) is 4.54. The van der Waals surface area contributed by atoms with Gasteiger partial charge in [0, 0.05) is 17.7 Å². The minimum absolute atomic E-state index is 0.0716. The predicted octanol–water partition coefficient (Wildman–Crippen LogP) is 3.11. The lowest BCUT2D eigenvalue weighted by Crippen LogP contribution is -2.12. The van der Waals surface area contributed by atoms with E-state index in [0.717, 1.165) is 42.5 Å². The van der Waals surface area contributed by atoms with E-state index >= 15 is 0 Å². The lowest BCUT2D eigenvalue weighted by Gasteiger charge is -2.10. The zero-order valence-corrected chi connectivity index (χ0v) is 12.3. The van der Waals surface area contributed by atoms with Gasteiger partial charge in [-0.2, -0.15) is 0 Å². The highest BCUT2D eigenvalue weighted by atomic mass is 16.2. The average molecular weight is 273 g/mol. The Labute approximate surface area is 121 Å². The Morgan fingerprint density at radius 1 is 1.30 bits per heavy atom. The van der Waals surface area contributed by atoms with Crippen molar-refractivity contribution in [1.29, 1.82) is 0 Å². The van der Waals surface area contributed by atoms with Crippen LogP contribution in [0.25, 0.3) is 0 Å². The summed E-state index contributed by atoms with van der Waals surface area (Å²) < 4.78 is 0. The van der Waals surface area contributed by atoms with Gasteiger partial charge in [0.2, 0.25) is 5.91 Å². The summed E-state index contributed by atoms with van der Waals surface area (Å²) >= 11 is 0. The van der Waals surface area contributed by atoms with Crippen molar-refractivity contribution in [2.75, 3.05) is 11.9 Å². The van der Waals surface area contributed by atoms with Crippen LogP contribution in [0.1, 0.15) is 50.7 Å². The van der Waals surface area contributed by atoms with Gasteiger partial charge in [0.15, 0.2) is 0 Å². The molecule has 0 fully saturated rings. The number of nitrogens with one attached hydrogen (secondary N) is 1. The first kappa shape index (κ1) is 16.3. The highest BCUT2D eigenvalue weighted by Crippen LogP contribution is 2.18. The second-order valence-electron chi connectivity index (χ2n) is 4.69. The van der Waals surface area contributed by atoms with Crippen LogP contribution in [0.4, 0.5) is 5.69 Å². The lowest BCUT2D eigenvalue weighted by molar-refractivity contribution is -0.116. The van der Waals surface area contributed by atoms with E-state index in [1.165, 1.54) is 0 Å². The summed E-state index contributed by atoms with van der Waals surface area (Å²) in [4.78, 5) is 11.8. The van der Waals surface area contributed by atoms with Crippen molar-refractivity contribution in [3.8, 4) is 11.8 Å². The van der Waals surface area contributed by atoms with E-state index in [4.69, 9.17) is 5.11 Å². The second kappa shape index (κ2) is 9.17. The normalized spacial score (nSPS) is 9.75. The van der Waals surface area contributed by atoms with Gasteiger partial charge in [-0.15, -0.1) is 0 Å². The number of unbranched alkanes of at least 4 members (excludes halogenated alkanes) is 2. The third-order valence-corrected chi connectivity index (χ3v) is 3.08. The van der Waals surface area contributed by atoms with Crippen LogP contribution in [0.3, 0.4) is 0 Å². The molecule has 0 bridgehead atoms. The Morgan fingerprint density at radius 3 is 2.75 bits per heavy atom. The summed E-state index contributed by atoms with van der Waals surface area (Å²) in [5.41, 5.74) is 2.79. The first-order valence-electron chi connectivity index (χ1n) is 7.23. The van der Waals surface area contributed by atoms with Crippen molar-refractivity contribution >= 4 is 11.6 Å². The van der Waals surface area contributed by atoms with Gasteiger partial charge >= 0.3 is 0 Å². The second-order valence-corrected chi connectivity index (χ2v) is 4.69. The van der Waals surface area contributed by atoms with Gasteiger partial charge < -0.3 is 10.4 Å². The SMILES string of the molecule is CCCCCC(=O)Nc1ccc(C#CCO)cc1CC. The van der Waals surface area contributed by atoms with Gasteiger partial charge in [-0.3, -0.25) is 4.79 Å². The van der Waals surface area contributed by atoms with Crippen LogP contribution < -0.4 is 5.32 Å². The van der Waals surface area contributed by atoms with Gasteiger partial charge in [0.1, 0.15) is 6.61 Å². The van der Waals surface area contributed by atoms with Crippen LogP contribution in [0.2, 0.25) is 0 Å². The number of anilines is 1. The fourth-order valence-electron chi connectivity index (χ4n) is 1.98. The van der Waals surface area contributed by atoms with Gasteiger partial charge in [-0.1, -0.05) is 38.5 Å². The molecule has 0 unspecified atom stereocenters. The Hall–Kier alpha value is -1.79. The molecule has 0 saturated carbocycles. The fraction of sp³-hybridized carbons (Fsp3) is 0.471. The molecular formula is C17H23NO2. The monoisotopic (exact) mass is 273 g/mol. The van der Waals surface area contributed by atoms with Crippen molar-refractivity contribution in [1.82, 2.24) is 0 Å². The number of rotatable bonds is 6. The van der Waals surface area contributed by atoms with Crippen LogP contribution in [-0.4, -0.2) is 17.6 Å². The average Bonchev–Trinajstić information content (AvgIpc) is 2.46. The molecule has 0 aliphatic rings. The molecule has 3 heteroatoms. The molecule has 1 amide bonds. The lowest BCUT2D eigenvalue weighted by atomic mass is 10.1. The topological polar surface area (TPSA) is 49.3 Å². The number of aliphatic hydroxyl groups is 1. The number of hydrogen-bond acceptors (Lipinski definition) is 2. The van der Waals surface area contributed by atoms with Crippen LogP contribution >= 0.6 is 0 Å². The molecule has 20 heavy (non-hydrogen) atoms. The minimum atomic E-state index is -0.141. The molecule has 1 rings (SSSR count). The van der Waals surface area contributed by atoms with Gasteiger partial charge in [0.05, 0.1) is 0 Å². The van der Waals surface area contributed by atoms with E-state index in [2.05, 4.69) is 24.1 Å². The fourth-order valence-corrected chi connectivity index (χ4v) is 1.98. The molecule has 2 N–H and O–H groups in total. The van der Waals surface area contributed by atoms with E-state index in [1.807, 2.05) is 25.1 Å². The minimum Gasteiger partial charge on any atom is -0.384 e. The van der Waals surface area contributed by atoms with Crippen molar-refractivity contribution in [3.63, 3.8) is 0 Å². The largest absolute Gasteiger partial charge is 0.384 e. The molecule has 0 heterocycles. The van der Waals surface area contributed by atoms with Crippen molar-refractivity contribution < 1.29 is 9.90 Å². The molecule has 1 aromatic rings. The van der Waals surface area contributed by atoms with Crippen molar-refractivity contribution in [2.45, 2.75) is 46.0 Å². The number of aryl methyl sites for hydroxylation is 1. The molecule has 108 valence electrons. The highest BCUT2D eigenvalue weighted by molar-refractivity contribution is 5.91. The third kappa shape index (κ3) is 5.46. The summed E-state index contributed by atoms with van der Waals surface area (Å²) in [7, 11) is 0. The van der Waals surface area contributed by atoms with Crippen LogP contribution in [0, 0.1) is 11.8 Å². The molecule has 3 nitrogen and oxygen atoms in total. The first-order chi connectivity index (χ1) is 9.71. The Bertz CT molecular complexity index is 497. The standard InChI is InChI=1S/C17H23NO2/c1-3-5-6-9-17(20)18-16-11-10-14(8-7-12-19)13-15(16)4-2/h10-11,13,19H,3-6,9,12H2,1-2H3,(H,18,20). The summed E-state index contributed by atoms with van der Waals surface area (Å²) in [5.74, 6) is 5.58. The highest BCUT2D eigenvalue weighted by Gasteiger charge is 2.06. The van der Waals surface area contributed by atoms with Crippen LogP contribution in [0.15, 0.2) is 18.2 Å². The van der Waals surface area contributed by atoms with E-state index in [9.17, 15) is 4.79 Å². The van der Waals surface area contributed by atoms with Crippen molar-refractivity contribution in [2.24, 2.45) is 0 Å². The van der Waals surface area contributed by atoms with E-state index in [0.29, 0.717) is 6.42 Å². The summed E-state index contributed by atoms with van der Waals surface area (Å²) in [6.45, 7) is 4.03. The maximum atomic E-state index is 11.8. The van der Waals surface area contributed by atoms with E-state index < -0.39 is 0 Å². The molecular weight excluding hydrogens is 250 g/mol. The Balaban J connectivity index is 2.72. The number of aliphatic hydroxyl groups excluding tert-OH is 1. The smallest absolute Gasteiger partial charge is 0.224 e. The number of carbonyl (C=O) groups is 1.